The average Bonchev–Trinajstić information content (AvgIpc) is 3.26. The second kappa shape index (κ2) is 6.18. The first-order chi connectivity index (χ1) is 11.6. The Balaban J connectivity index is 1.56. The zero-order chi connectivity index (χ0) is 16.7. The minimum atomic E-state index is -0.472. The Morgan fingerprint density at radius 3 is 3.04 bits per heavy atom. The van der Waals surface area contributed by atoms with Crippen molar-refractivity contribution in [1.29, 1.82) is 0 Å². The molecule has 3 aromatic rings. The number of hydrogen-bond acceptors (Lipinski definition) is 5. The normalized spacial score (nSPS) is 19.3. The number of benzene rings is 1. The monoisotopic (exact) mass is 342 g/mol. The molecular formula is C18H22N4OS. The molecule has 2 atom stereocenters. The Morgan fingerprint density at radius 2 is 2.29 bits per heavy atom. The maximum absolute atomic E-state index is 10.5. The van der Waals surface area contributed by atoms with Gasteiger partial charge in [0, 0.05) is 31.4 Å². The van der Waals surface area contributed by atoms with Gasteiger partial charge in [-0.25, -0.2) is 4.98 Å². The Labute approximate surface area is 145 Å². The summed E-state index contributed by atoms with van der Waals surface area (Å²) in [5.74, 6) is 0. The number of rotatable bonds is 4. The summed E-state index contributed by atoms with van der Waals surface area (Å²) in [4.78, 5) is 7.21. The fourth-order valence-corrected chi connectivity index (χ4v) is 4.67. The third kappa shape index (κ3) is 2.80. The zero-order valence-corrected chi connectivity index (χ0v) is 14.8. The molecule has 0 aliphatic carbocycles. The molecule has 126 valence electrons. The highest BCUT2D eigenvalue weighted by atomic mass is 32.1. The van der Waals surface area contributed by atoms with E-state index < -0.39 is 6.10 Å². The fourth-order valence-electron chi connectivity index (χ4n) is 3.54. The summed E-state index contributed by atoms with van der Waals surface area (Å²) >= 11 is 1.77. The van der Waals surface area contributed by atoms with Crippen molar-refractivity contribution in [2.45, 2.75) is 38.3 Å². The van der Waals surface area contributed by atoms with Crippen LogP contribution in [0.1, 0.15) is 36.5 Å². The number of aliphatic hydroxyl groups excluding tert-OH is 1. The van der Waals surface area contributed by atoms with Crippen LogP contribution in [0.15, 0.2) is 30.6 Å². The molecule has 1 N–H and O–H groups in total. The molecule has 0 bridgehead atoms. The van der Waals surface area contributed by atoms with Gasteiger partial charge in [0.05, 0.1) is 22.5 Å². The maximum Gasteiger partial charge on any atom is 0.186 e. The SMILES string of the molecule is Cc1cccc2nc(N3CCC[C@@H]3C[C@@H](O)c3cnn(C)c3)sc12. The third-order valence-corrected chi connectivity index (χ3v) is 6.07. The number of nitrogens with zero attached hydrogens (tertiary/aromatic N) is 4. The van der Waals surface area contributed by atoms with Crippen LogP contribution in [-0.2, 0) is 7.05 Å². The van der Waals surface area contributed by atoms with Crippen molar-refractivity contribution in [3.63, 3.8) is 0 Å². The number of hydrogen-bond donors (Lipinski definition) is 1. The molecule has 1 fully saturated rings. The quantitative estimate of drug-likeness (QED) is 0.789. The molecule has 3 heterocycles. The Morgan fingerprint density at radius 1 is 1.42 bits per heavy atom. The molecule has 0 spiro atoms. The lowest BCUT2D eigenvalue weighted by molar-refractivity contribution is 0.158. The Kier molecular flexibility index (Phi) is 4.02. The van der Waals surface area contributed by atoms with E-state index >= 15 is 0 Å². The molecule has 0 unspecified atom stereocenters. The van der Waals surface area contributed by atoms with Crippen LogP contribution >= 0.6 is 11.3 Å². The largest absolute Gasteiger partial charge is 0.388 e. The van der Waals surface area contributed by atoms with E-state index in [2.05, 4.69) is 35.1 Å². The van der Waals surface area contributed by atoms with Crippen LogP contribution in [0.25, 0.3) is 10.2 Å². The molecule has 0 saturated carbocycles. The Hall–Kier alpha value is -1.92. The van der Waals surface area contributed by atoms with E-state index in [1.165, 1.54) is 10.3 Å². The summed E-state index contributed by atoms with van der Waals surface area (Å²) in [5, 5.41) is 15.8. The smallest absolute Gasteiger partial charge is 0.186 e. The first-order valence-corrected chi connectivity index (χ1v) is 9.23. The number of aromatic nitrogens is 3. The topological polar surface area (TPSA) is 54.2 Å². The molecule has 4 rings (SSSR count). The van der Waals surface area contributed by atoms with Gasteiger partial charge in [0.2, 0.25) is 0 Å². The van der Waals surface area contributed by atoms with Crippen LogP contribution < -0.4 is 4.90 Å². The summed E-state index contributed by atoms with van der Waals surface area (Å²) in [6.45, 7) is 3.15. The lowest BCUT2D eigenvalue weighted by Crippen LogP contribution is -2.30. The van der Waals surface area contributed by atoms with Crippen LogP contribution in [0.5, 0.6) is 0 Å². The summed E-state index contributed by atoms with van der Waals surface area (Å²) in [7, 11) is 1.88. The van der Waals surface area contributed by atoms with Gasteiger partial charge in [0.25, 0.3) is 0 Å². The van der Waals surface area contributed by atoms with Crippen molar-refractivity contribution >= 4 is 26.7 Å². The van der Waals surface area contributed by atoms with Gasteiger partial charge >= 0.3 is 0 Å². The molecule has 5 nitrogen and oxygen atoms in total. The third-order valence-electron chi connectivity index (χ3n) is 4.83. The first kappa shape index (κ1) is 15.6. The van der Waals surface area contributed by atoms with Gasteiger partial charge in [-0.2, -0.15) is 5.10 Å². The first-order valence-electron chi connectivity index (χ1n) is 8.41. The number of thiazole rings is 1. The van der Waals surface area contributed by atoms with E-state index in [4.69, 9.17) is 4.98 Å². The summed E-state index contributed by atoms with van der Waals surface area (Å²) in [6.07, 6.45) is 6.16. The van der Waals surface area contributed by atoms with Crippen LogP contribution in [-0.4, -0.2) is 32.5 Å². The Bertz CT molecular complexity index is 856. The zero-order valence-electron chi connectivity index (χ0n) is 14.0. The number of anilines is 1. The lowest BCUT2D eigenvalue weighted by atomic mass is 10.0. The molecule has 0 radical (unpaired) electrons. The second-order valence-corrected chi connectivity index (χ2v) is 7.59. The maximum atomic E-state index is 10.5. The van der Waals surface area contributed by atoms with E-state index in [0.717, 1.165) is 42.0 Å². The van der Waals surface area contributed by atoms with Gasteiger partial charge in [-0.1, -0.05) is 23.5 Å². The van der Waals surface area contributed by atoms with Gasteiger partial charge in [0.1, 0.15) is 0 Å². The van der Waals surface area contributed by atoms with Crippen molar-refractivity contribution in [2.75, 3.05) is 11.4 Å². The number of fused-ring (bicyclic) bond motifs is 1. The van der Waals surface area contributed by atoms with E-state index in [9.17, 15) is 5.11 Å². The minimum absolute atomic E-state index is 0.334. The standard InChI is InChI=1S/C18H22N4OS/c1-12-5-3-7-15-17(12)24-18(20-15)22-8-4-6-14(22)9-16(23)13-10-19-21(2)11-13/h3,5,7,10-11,14,16,23H,4,6,8-9H2,1-2H3/t14-,16-/m1/s1. The highest BCUT2D eigenvalue weighted by Gasteiger charge is 2.29. The van der Waals surface area contributed by atoms with Crippen molar-refractivity contribution in [3.8, 4) is 0 Å². The molecule has 1 saturated heterocycles. The molecular weight excluding hydrogens is 320 g/mol. The molecule has 6 heteroatoms. The van der Waals surface area contributed by atoms with Crippen molar-refractivity contribution < 1.29 is 5.11 Å². The van der Waals surface area contributed by atoms with Gasteiger partial charge in [-0.05, 0) is 37.8 Å². The molecule has 2 aromatic heterocycles. The predicted molar refractivity (Wildman–Crippen MR) is 97.5 cm³/mol. The van der Waals surface area contributed by atoms with Crippen molar-refractivity contribution in [1.82, 2.24) is 14.8 Å². The van der Waals surface area contributed by atoms with Gasteiger partial charge in [0.15, 0.2) is 5.13 Å². The van der Waals surface area contributed by atoms with Crippen molar-refractivity contribution in [3.05, 3.63) is 41.7 Å². The minimum Gasteiger partial charge on any atom is -0.388 e. The van der Waals surface area contributed by atoms with Crippen LogP contribution in [0, 0.1) is 6.92 Å². The summed E-state index contributed by atoms with van der Waals surface area (Å²) in [6, 6.07) is 6.62. The number of aryl methyl sites for hydroxylation is 2. The molecule has 1 aliphatic heterocycles. The summed E-state index contributed by atoms with van der Waals surface area (Å²) < 4.78 is 3.01. The fraction of sp³-hybridized carbons (Fsp3) is 0.444. The van der Waals surface area contributed by atoms with Crippen LogP contribution in [0.3, 0.4) is 0 Å². The molecule has 1 aromatic carbocycles. The summed E-state index contributed by atoms with van der Waals surface area (Å²) in [5.41, 5.74) is 3.25. The lowest BCUT2D eigenvalue weighted by Gasteiger charge is -2.25. The van der Waals surface area contributed by atoms with Crippen LogP contribution in [0.4, 0.5) is 5.13 Å². The van der Waals surface area contributed by atoms with Gasteiger partial charge in [-0.15, -0.1) is 0 Å². The number of aliphatic hydroxyl groups is 1. The van der Waals surface area contributed by atoms with E-state index in [1.807, 2.05) is 13.2 Å². The molecule has 24 heavy (non-hydrogen) atoms. The highest BCUT2D eigenvalue weighted by molar-refractivity contribution is 7.22. The van der Waals surface area contributed by atoms with E-state index in [-0.39, 0.29) is 0 Å². The van der Waals surface area contributed by atoms with Gasteiger partial charge in [-0.3, -0.25) is 4.68 Å². The predicted octanol–water partition coefficient (Wildman–Crippen LogP) is 3.43. The van der Waals surface area contributed by atoms with Crippen molar-refractivity contribution in [2.24, 2.45) is 7.05 Å². The molecule has 1 aliphatic rings. The average molecular weight is 342 g/mol. The van der Waals surface area contributed by atoms with Gasteiger partial charge < -0.3 is 10.0 Å². The molecule has 0 amide bonds. The van der Waals surface area contributed by atoms with Crippen LogP contribution in [0.2, 0.25) is 0 Å². The van der Waals surface area contributed by atoms with E-state index in [0.29, 0.717) is 6.04 Å². The highest BCUT2D eigenvalue weighted by Crippen LogP contribution is 2.37. The van der Waals surface area contributed by atoms with E-state index in [1.54, 1.807) is 22.2 Å². The second-order valence-electron chi connectivity index (χ2n) is 6.61.